The lowest BCUT2D eigenvalue weighted by molar-refractivity contribution is -0.143. The summed E-state index contributed by atoms with van der Waals surface area (Å²) in [6.07, 6.45) is -0.735. The predicted molar refractivity (Wildman–Crippen MR) is 72.0 cm³/mol. The second kappa shape index (κ2) is 5.69. The van der Waals surface area contributed by atoms with Gasteiger partial charge in [-0.3, -0.25) is 4.79 Å². The lowest BCUT2D eigenvalue weighted by atomic mass is 10.0. The van der Waals surface area contributed by atoms with E-state index in [1.807, 2.05) is 0 Å². The average molecular weight is 320 g/mol. The van der Waals surface area contributed by atoms with Crippen molar-refractivity contribution in [2.45, 2.75) is 29.9 Å². The van der Waals surface area contributed by atoms with Gasteiger partial charge < -0.3 is 10.2 Å². The molecule has 0 aromatic heterocycles. The fourth-order valence-corrected chi connectivity index (χ4v) is 4.32. The lowest BCUT2D eigenvalue weighted by Crippen LogP contribution is -2.51. The van der Waals surface area contributed by atoms with Crippen LogP contribution in [0.3, 0.4) is 0 Å². The lowest BCUT2D eigenvalue weighted by Gasteiger charge is -2.34. The molecular weight excluding hydrogens is 306 g/mol. The minimum absolute atomic E-state index is 0.0442. The van der Waals surface area contributed by atoms with Gasteiger partial charge in [-0.2, -0.15) is 4.31 Å². The number of carbonyl (C=O) groups is 1. The summed E-state index contributed by atoms with van der Waals surface area (Å²) >= 11 is 5.88. The molecule has 0 radical (unpaired) electrons. The number of benzene rings is 1. The van der Waals surface area contributed by atoms with Crippen LogP contribution < -0.4 is 0 Å². The molecule has 0 spiro atoms. The molecule has 2 rings (SSSR count). The molecule has 20 heavy (non-hydrogen) atoms. The number of halogens is 1. The molecule has 1 aromatic carbocycles. The number of hydrogen-bond donors (Lipinski definition) is 2. The number of aliphatic hydroxyl groups excluding tert-OH is 1. The first-order chi connectivity index (χ1) is 9.34. The molecule has 2 N–H and O–H groups in total. The zero-order chi connectivity index (χ0) is 14.9. The van der Waals surface area contributed by atoms with E-state index >= 15 is 0 Å². The summed E-state index contributed by atoms with van der Waals surface area (Å²) in [5.41, 5.74) is 0. The summed E-state index contributed by atoms with van der Waals surface area (Å²) in [4.78, 5) is 11.1. The van der Waals surface area contributed by atoms with Crippen molar-refractivity contribution in [1.82, 2.24) is 4.31 Å². The van der Waals surface area contributed by atoms with Crippen LogP contribution in [0.15, 0.2) is 29.2 Å². The van der Waals surface area contributed by atoms with Gasteiger partial charge in [0.05, 0.1) is 11.1 Å². The second-order valence-electron chi connectivity index (χ2n) is 4.58. The maximum atomic E-state index is 12.5. The fraction of sp³-hybridized carbons (Fsp3) is 0.417. The number of rotatable bonds is 3. The van der Waals surface area contributed by atoms with E-state index in [0.717, 1.165) is 4.31 Å². The maximum Gasteiger partial charge on any atom is 0.322 e. The molecule has 1 aliphatic heterocycles. The molecule has 1 heterocycles. The third kappa shape index (κ3) is 2.80. The predicted octanol–water partition coefficient (Wildman–Crippen LogP) is 0.939. The van der Waals surface area contributed by atoms with Gasteiger partial charge in [-0.25, -0.2) is 8.42 Å². The normalized spacial score (nSPS) is 24.5. The molecule has 0 aliphatic carbocycles. The first-order valence-corrected chi connectivity index (χ1v) is 7.83. The van der Waals surface area contributed by atoms with Gasteiger partial charge in [0.25, 0.3) is 0 Å². The quantitative estimate of drug-likeness (QED) is 0.864. The molecule has 0 saturated carbocycles. The molecule has 2 atom stereocenters. The number of carboxylic acids is 1. The Balaban J connectivity index is 2.42. The summed E-state index contributed by atoms with van der Waals surface area (Å²) in [7, 11) is -4.00. The van der Waals surface area contributed by atoms with Crippen molar-refractivity contribution >= 4 is 27.6 Å². The van der Waals surface area contributed by atoms with Crippen molar-refractivity contribution in [3.8, 4) is 0 Å². The van der Waals surface area contributed by atoms with Gasteiger partial charge in [-0.1, -0.05) is 23.7 Å². The van der Waals surface area contributed by atoms with E-state index in [9.17, 15) is 18.3 Å². The highest BCUT2D eigenvalue weighted by Crippen LogP contribution is 2.29. The zero-order valence-corrected chi connectivity index (χ0v) is 12.0. The monoisotopic (exact) mass is 319 g/mol. The van der Waals surface area contributed by atoms with Gasteiger partial charge in [0, 0.05) is 13.0 Å². The Labute approximate surface area is 121 Å². The van der Waals surface area contributed by atoms with Crippen molar-refractivity contribution < 1.29 is 23.4 Å². The summed E-state index contributed by atoms with van der Waals surface area (Å²) < 4.78 is 25.9. The minimum Gasteiger partial charge on any atom is -0.480 e. The molecule has 1 saturated heterocycles. The highest BCUT2D eigenvalue weighted by molar-refractivity contribution is 7.89. The van der Waals surface area contributed by atoms with Crippen LogP contribution in [-0.4, -0.2) is 47.6 Å². The molecule has 110 valence electrons. The van der Waals surface area contributed by atoms with Crippen molar-refractivity contribution in [1.29, 1.82) is 0 Å². The standard InChI is InChI=1S/C12H14ClNO5S/c13-9-3-1-2-4-11(9)20(18,19)14-6-5-8(15)7-10(14)12(16)17/h1-4,8,10,15H,5-7H2,(H,16,17)/t8-,10+/m1/s1. The van der Waals surface area contributed by atoms with Crippen molar-refractivity contribution in [2.75, 3.05) is 6.54 Å². The van der Waals surface area contributed by atoms with Crippen LogP contribution in [0.2, 0.25) is 5.02 Å². The fourth-order valence-electron chi connectivity index (χ4n) is 2.22. The Morgan fingerprint density at radius 1 is 1.35 bits per heavy atom. The third-order valence-electron chi connectivity index (χ3n) is 3.23. The van der Waals surface area contributed by atoms with Crippen LogP contribution in [0.1, 0.15) is 12.8 Å². The number of hydrogen-bond acceptors (Lipinski definition) is 4. The van der Waals surface area contributed by atoms with Gasteiger partial charge in [0.1, 0.15) is 10.9 Å². The van der Waals surface area contributed by atoms with Crippen LogP contribution in [-0.2, 0) is 14.8 Å². The Bertz CT molecular complexity index is 618. The topological polar surface area (TPSA) is 94.9 Å². The largest absolute Gasteiger partial charge is 0.480 e. The van der Waals surface area contributed by atoms with Crippen LogP contribution in [0.5, 0.6) is 0 Å². The van der Waals surface area contributed by atoms with Crippen LogP contribution in [0.25, 0.3) is 0 Å². The van der Waals surface area contributed by atoms with Crippen LogP contribution >= 0.6 is 11.6 Å². The van der Waals surface area contributed by atoms with E-state index in [2.05, 4.69) is 0 Å². The first-order valence-electron chi connectivity index (χ1n) is 6.01. The van der Waals surface area contributed by atoms with Gasteiger partial charge in [0.2, 0.25) is 10.0 Å². The number of aliphatic carboxylic acids is 1. The maximum absolute atomic E-state index is 12.5. The van der Waals surface area contributed by atoms with E-state index in [1.54, 1.807) is 6.07 Å². The number of aliphatic hydroxyl groups is 1. The van der Waals surface area contributed by atoms with Crippen LogP contribution in [0.4, 0.5) is 0 Å². The number of nitrogens with zero attached hydrogens (tertiary/aromatic N) is 1. The average Bonchev–Trinajstić information content (AvgIpc) is 2.38. The Morgan fingerprint density at radius 3 is 2.60 bits per heavy atom. The molecule has 1 aliphatic rings. The molecule has 6 nitrogen and oxygen atoms in total. The number of carboxylic acid groups (broad SMARTS) is 1. The van der Waals surface area contributed by atoms with E-state index in [1.165, 1.54) is 18.2 Å². The van der Waals surface area contributed by atoms with Gasteiger partial charge in [-0.15, -0.1) is 0 Å². The zero-order valence-electron chi connectivity index (χ0n) is 10.4. The SMILES string of the molecule is O=C(O)[C@@H]1C[C@H](O)CCN1S(=O)(=O)c1ccccc1Cl. The van der Waals surface area contributed by atoms with E-state index < -0.39 is 28.1 Å². The smallest absolute Gasteiger partial charge is 0.322 e. The molecule has 0 amide bonds. The van der Waals surface area contributed by atoms with Crippen LogP contribution in [0, 0.1) is 0 Å². The van der Waals surface area contributed by atoms with Gasteiger partial charge in [-0.05, 0) is 18.6 Å². The van der Waals surface area contributed by atoms with Crippen molar-refractivity contribution in [2.24, 2.45) is 0 Å². The second-order valence-corrected chi connectivity index (χ2v) is 6.84. The Hall–Kier alpha value is -1.15. The van der Waals surface area contributed by atoms with E-state index in [4.69, 9.17) is 16.7 Å². The summed E-state index contributed by atoms with van der Waals surface area (Å²) in [5.74, 6) is -1.28. The summed E-state index contributed by atoms with van der Waals surface area (Å²) in [5, 5.41) is 18.7. The first kappa shape index (κ1) is 15.2. The minimum atomic E-state index is -4.00. The van der Waals surface area contributed by atoms with Gasteiger partial charge >= 0.3 is 5.97 Å². The Morgan fingerprint density at radius 2 is 2.00 bits per heavy atom. The summed E-state index contributed by atoms with van der Waals surface area (Å²) in [6, 6.07) is 4.61. The van der Waals surface area contributed by atoms with Crippen molar-refractivity contribution in [3.05, 3.63) is 29.3 Å². The molecule has 1 aromatic rings. The molecule has 0 unspecified atom stereocenters. The number of sulfonamides is 1. The van der Waals surface area contributed by atoms with E-state index in [0.29, 0.717) is 0 Å². The highest BCUT2D eigenvalue weighted by atomic mass is 35.5. The third-order valence-corrected chi connectivity index (χ3v) is 5.64. The highest BCUT2D eigenvalue weighted by Gasteiger charge is 2.40. The Kier molecular flexibility index (Phi) is 4.33. The van der Waals surface area contributed by atoms with E-state index in [-0.39, 0.29) is 29.3 Å². The van der Waals surface area contributed by atoms with Crippen molar-refractivity contribution in [3.63, 3.8) is 0 Å². The summed E-state index contributed by atoms with van der Waals surface area (Å²) in [6.45, 7) is -0.0499. The number of piperidine rings is 1. The molecule has 0 bridgehead atoms. The molecule has 8 heteroatoms. The molecule has 1 fully saturated rings. The van der Waals surface area contributed by atoms with Gasteiger partial charge in [0.15, 0.2) is 0 Å². The molecular formula is C12H14ClNO5S.